The summed E-state index contributed by atoms with van der Waals surface area (Å²) in [5, 5.41) is 0.723. The van der Waals surface area contributed by atoms with Crippen molar-refractivity contribution in [3.05, 3.63) is 34.3 Å². The lowest BCUT2D eigenvalue weighted by atomic mass is 9.72. The van der Waals surface area contributed by atoms with Gasteiger partial charge in [0.05, 0.1) is 0 Å². The zero-order valence-corrected chi connectivity index (χ0v) is 9.19. The molecule has 1 aliphatic carbocycles. The highest BCUT2D eigenvalue weighted by atomic mass is 35.5. The number of Topliss-reactive ketones (excluding diaryl/α,β-unsaturated/α-hetero) is 1. The molecular formula is C12H13ClO. The Labute approximate surface area is 89.1 Å². The second-order valence-electron chi connectivity index (χ2n) is 4.47. The number of ketones is 1. The number of carbonyl (C=O) groups excluding carboxylic acids is 1. The molecule has 0 N–H and O–H groups in total. The van der Waals surface area contributed by atoms with E-state index in [2.05, 4.69) is 13.8 Å². The Morgan fingerprint density at radius 3 is 2.71 bits per heavy atom. The van der Waals surface area contributed by atoms with Gasteiger partial charge in [-0.25, -0.2) is 0 Å². The summed E-state index contributed by atoms with van der Waals surface area (Å²) in [5.41, 5.74) is 1.87. The summed E-state index contributed by atoms with van der Waals surface area (Å²) >= 11 is 6.14. The number of fused-ring (bicyclic) bond motifs is 1. The maximum atomic E-state index is 11.7. The maximum absolute atomic E-state index is 11.7. The molecule has 0 spiro atoms. The fraction of sp³-hybridized carbons (Fsp3) is 0.417. The van der Waals surface area contributed by atoms with Gasteiger partial charge in [0.2, 0.25) is 0 Å². The fourth-order valence-electron chi connectivity index (χ4n) is 2.13. The minimum Gasteiger partial charge on any atom is -0.294 e. The van der Waals surface area contributed by atoms with Crippen LogP contribution in [0, 0.1) is 0 Å². The van der Waals surface area contributed by atoms with Crippen molar-refractivity contribution in [1.82, 2.24) is 0 Å². The molecule has 1 aromatic rings. The molecule has 0 aliphatic heterocycles. The van der Waals surface area contributed by atoms with E-state index in [-0.39, 0.29) is 11.2 Å². The van der Waals surface area contributed by atoms with Crippen LogP contribution in [0.15, 0.2) is 18.2 Å². The van der Waals surface area contributed by atoms with Crippen LogP contribution < -0.4 is 0 Å². The molecule has 0 radical (unpaired) electrons. The molecule has 14 heavy (non-hydrogen) atoms. The van der Waals surface area contributed by atoms with Crippen LogP contribution in [0.1, 0.15) is 42.6 Å². The molecule has 0 unspecified atom stereocenters. The van der Waals surface area contributed by atoms with E-state index in [9.17, 15) is 4.79 Å². The van der Waals surface area contributed by atoms with Gasteiger partial charge in [-0.05, 0) is 23.5 Å². The van der Waals surface area contributed by atoms with E-state index in [4.69, 9.17) is 11.6 Å². The van der Waals surface area contributed by atoms with Crippen LogP contribution in [0.3, 0.4) is 0 Å². The molecule has 2 rings (SSSR count). The Morgan fingerprint density at radius 1 is 1.36 bits per heavy atom. The molecule has 1 aromatic carbocycles. The third-order valence-corrected chi connectivity index (χ3v) is 3.28. The first-order valence-electron chi connectivity index (χ1n) is 4.84. The van der Waals surface area contributed by atoms with Gasteiger partial charge in [0.25, 0.3) is 0 Å². The second kappa shape index (κ2) is 3.09. The van der Waals surface area contributed by atoms with Crippen LogP contribution in [-0.4, -0.2) is 5.78 Å². The normalized spacial score (nSPS) is 19.2. The zero-order chi connectivity index (χ0) is 10.3. The monoisotopic (exact) mass is 208 g/mol. The van der Waals surface area contributed by atoms with Gasteiger partial charge in [0.1, 0.15) is 0 Å². The first-order valence-corrected chi connectivity index (χ1v) is 5.22. The van der Waals surface area contributed by atoms with E-state index in [1.807, 2.05) is 18.2 Å². The van der Waals surface area contributed by atoms with E-state index >= 15 is 0 Å². The zero-order valence-electron chi connectivity index (χ0n) is 8.43. The fourth-order valence-corrected chi connectivity index (χ4v) is 2.56. The SMILES string of the molecule is CC1(C)CCC(=O)c2cccc(Cl)c21. The smallest absolute Gasteiger partial charge is 0.163 e. The third-order valence-electron chi connectivity index (χ3n) is 2.97. The van der Waals surface area contributed by atoms with Gasteiger partial charge in [-0.2, -0.15) is 0 Å². The summed E-state index contributed by atoms with van der Waals surface area (Å²) < 4.78 is 0. The average molecular weight is 209 g/mol. The van der Waals surface area contributed by atoms with E-state index in [0.717, 1.165) is 22.6 Å². The molecular weight excluding hydrogens is 196 g/mol. The predicted molar refractivity (Wildman–Crippen MR) is 58.0 cm³/mol. The molecule has 0 saturated carbocycles. The van der Waals surface area contributed by atoms with Crippen molar-refractivity contribution in [3.8, 4) is 0 Å². The van der Waals surface area contributed by atoms with Gasteiger partial charge in [0.15, 0.2) is 5.78 Å². The lowest BCUT2D eigenvalue weighted by Crippen LogP contribution is -2.27. The number of halogens is 1. The minimum atomic E-state index is 0.0294. The van der Waals surface area contributed by atoms with Crippen molar-refractivity contribution in [2.75, 3.05) is 0 Å². The summed E-state index contributed by atoms with van der Waals surface area (Å²) in [6.45, 7) is 4.29. The number of rotatable bonds is 0. The number of benzene rings is 1. The molecule has 0 bridgehead atoms. The van der Waals surface area contributed by atoms with Gasteiger partial charge in [-0.1, -0.05) is 37.6 Å². The highest BCUT2D eigenvalue weighted by Gasteiger charge is 2.33. The standard InChI is InChI=1S/C12H13ClO/c1-12(2)7-6-10(14)8-4-3-5-9(13)11(8)12/h3-5H,6-7H2,1-2H3. The largest absolute Gasteiger partial charge is 0.294 e. The van der Waals surface area contributed by atoms with Crippen molar-refractivity contribution >= 4 is 17.4 Å². The quantitative estimate of drug-likeness (QED) is 0.637. The first-order chi connectivity index (χ1) is 6.52. The lowest BCUT2D eigenvalue weighted by molar-refractivity contribution is 0.0957. The van der Waals surface area contributed by atoms with Crippen LogP contribution >= 0.6 is 11.6 Å². The summed E-state index contributed by atoms with van der Waals surface area (Å²) in [7, 11) is 0. The number of hydrogen-bond donors (Lipinski definition) is 0. The second-order valence-corrected chi connectivity index (χ2v) is 4.88. The molecule has 0 saturated heterocycles. The minimum absolute atomic E-state index is 0.0294. The molecule has 0 fully saturated rings. The van der Waals surface area contributed by atoms with Crippen molar-refractivity contribution in [2.24, 2.45) is 0 Å². The predicted octanol–water partition coefficient (Wildman–Crippen LogP) is 3.59. The maximum Gasteiger partial charge on any atom is 0.163 e. The molecule has 0 atom stereocenters. The van der Waals surface area contributed by atoms with E-state index < -0.39 is 0 Å². The van der Waals surface area contributed by atoms with Crippen LogP contribution in [-0.2, 0) is 5.41 Å². The highest BCUT2D eigenvalue weighted by molar-refractivity contribution is 6.32. The van der Waals surface area contributed by atoms with Crippen LogP contribution in [0.4, 0.5) is 0 Å². The molecule has 1 aliphatic rings. The van der Waals surface area contributed by atoms with E-state index in [1.54, 1.807) is 0 Å². The van der Waals surface area contributed by atoms with Crippen molar-refractivity contribution in [3.63, 3.8) is 0 Å². The van der Waals surface area contributed by atoms with Crippen LogP contribution in [0.2, 0.25) is 5.02 Å². The molecule has 74 valence electrons. The van der Waals surface area contributed by atoms with Crippen molar-refractivity contribution in [1.29, 1.82) is 0 Å². The van der Waals surface area contributed by atoms with Gasteiger partial charge in [-0.15, -0.1) is 0 Å². The average Bonchev–Trinajstić information content (AvgIpc) is 2.12. The highest BCUT2D eigenvalue weighted by Crippen LogP contribution is 2.40. The van der Waals surface area contributed by atoms with Crippen molar-refractivity contribution in [2.45, 2.75) is 32.1 Å². The Bertz CT molecular complexity index is 393. The Kier molecular flexibility index (Phi) is 2.15. The van der Waals surface area contributed by atoms with Crippen LogP contribution in [0.5, 0.6) is 0 Å². The summed E-state index contributed by atoms with van der Waals surface area (Å²) in [5.74, 6) is 0.224. The van der Waals surface area contributed by atoms with Gasteiger partial charge in [0, 0.05) is 17.0 Å². The third kappa shape index (κ3) is 1.36. The van der Waals surface area contributed by atoms with Gasteiger partial charge >= 0.3 is 0 Å². The topological polar surface area (TPSA) is 17.1 Å². The lowest BCUT2D eigenvalue weighted by Gasteiger charge is -2.32. The summed E-state index contributed by atoms with van der Waals surface area (Å²) in [6, 6.07) is 5.59. The van der Waals surface area contributed by atoms with Crippen molar-refractivity contribution < 1.29 is 4.79 Å². The first kappa shape index (κ1) is 9.72. The molecule has 1 nitrogen and oxygen atoms in total. The van der Waals surface area contributed by atoms with Crippen LogP contribution in [0.25, 0.3) is 0 Å². The van der Waals surface area contributed by atoms with E-state index in [1.165, 1.54) is 0 Å². The Hall–Kier alpha value is -0.820. The Morgan fingerprint density at radius 2 is 2.07 bits per heavy atom. The van der Waals surface area contributed by atoms with E-state index in [0.29, 0.717) is 6.42 Å². The molecule has 2 heteroatoms. The molecule has 0 heterocycles. The molecule has 0 aromatic heterocycles. The summed E-state index contributed by atoms with van der Waals surface area (Å²) in [6.07, 6.45) is 1.53. The Balaban J connectivity index is 2.70. The number of carbonyl (C=O) groups is 1. The summed E-state index contributed by atoms with van der Waals surface area (Å²) in [4.78, 5) is 11.7. The number of hydrogen-bond acceptors (Lipinski definition) is 1. The molecule has 0 amide bonds. The van der Waals surface area contributed by atoms with Gasteiger partial charge in [-0.3, -0.25) is 4.79 Å². The van der Waals surface area contributed by atoms with Gasteiger partial charge < -0.3 is 0 Å².